The van der Waals surface area contributed by atoms with Gasteiger partial charge < -0.3 is 4.74 Å². The van der Waals surface area contributed by atoms with Gasteiger partial charge in [-0.3, -0.25) is 9.36 Å². The largest absolute Gasteiger partial charge is 0.447 e. The van der Waals surface area contributed by atoms with Crippen LogP contribution in [0.5, 0.6) is 0 Å². The summed E-state index contributed by atoms with van der Waals surface area (Å²) in [5.74, 6) is -0.386. The first-order chi connectivity index (χ1) is 14.1. The van der Waals surface area contributed by atoms with Crippen LogP contribution in [-0.4, -0.2) is 50.6 Å². The maximum atomic E-state index is 14.4. The van der Waals surface area contributed by atoms with Crippen molar-refractivity contribution in [3.05, 3.63) is 66.0 Å². The predicted molar refractivity (Wildman–Crippen MR) is 105 cm³/mol. The molecule has 1 fully saturated rings. The molecular formula is C20H17FN4O3S. The Morgan fingerprint density at radius 3 is 2.59 bits per heavy atom. The Morgan fingerprint density at radius 1 is 1.10 bits per heavy atom. The van der Waals surface area contributed by atoms with Crippen LogP contribution in [-0.2, 0) is 16.1 Å². The predicted octanol–water partition coefficient (Wildman–Crippen LogP) is 3.20. The molecule has 2 heterocycles. The second-order valence-electron chi connectivity index (χ2n) is 6.31. The van der Waals surface area contributed by atoms with E-state index in [0.29, 0.717) is 23.1 Å². The minimum atomic E-state index is -0.631. The van der Waals surface area contributed by atoms with Crippen LogP contribution in [0, 0.1) is 5.82 Å². The lowest BCUT2D eigenvalue weighted by molar-refractivity contribution is -0.125. The van der Waals surface area contributed by atoms with Gasteiger partial charge in [0, 0.05) is 0 Å². The molecule has 1 saturated heterocycles. The third-order valence-electron chi connectivity index (χ3n) is 4.40. The molecule has 0 bridgehead atoms. The van der Waals surface area contributed by atoms with Crippen molar-refractivity contribution in [3.63, 3.8) is 0 Å². The van der Waals surface area contributed by atoms with Crippen molar-refractivity contribution in [2.24, 2.45) is 0 Å². The van der Waals surface area contributed by atoms with Crippen LogP contribution < -0.4 is 0 Å². The number of carbonyl (C=O) groups excluding carboxylic acids is 2. The van der Waals surface area contributed by atoms with Gasteiger partial charge in [-0.2, -0.15) is 0 Å². The zero-order valence-corrected chi connectivity index (χ0v) is 16.1. The first kappa shape index (κ1) is 19.1. The van der Waals surface area contributed by atoms with E-state index in [9.17, 15) is 14.0 Å². The summed E-state index contributed by atoms with van der Waals surface area (Å²) in [5, 5.41) is 8.80. The number of carbonyl (C=O) groups is 2. The molecule has 0 saturated carbocycles. The van der Waals surface area contributed by atoms with E-state index < -0.39 is 11.9 Å². The summed E-state index contributed by atoms with van der Waals surface area (Å²) in [6.07, 6.45) is -0.631. The summed E-state index contributed by atoms with van der Waals surface area (Å²) in [6, 6.07) is 16.0. The van der Waals surface area contributed by atoms with Crippen LogP contribution in [0.4, 0.5) is 9.18 Å². The van der Waals surface area contributed by atoms with Gasteiger partial charge in [-0.25, -0.2) is 14.1 Å². The Kier molecular flexibility index (Phi) is 5.57. The molecule has 2 amide bonds. The average molecular weight is 412 g/mol. The molecular weight excluding hydrogens is 395 g/mol. The second-order valence-corrected chi connectivity index (χ2v) is 7.25. The average Bonchev–Trinajstić information content (AvgIpc) is 3.34. The molecule has 0 aliphatic carbocycles. The van der Waals surface area contributed by atoms with Gasteiger partial charge in [0.15, 0.2) is 11.0 Å². The number of halogens is 1. The third kappa shape index (κ3) is 4.14. The monoisotopic (exact) mass is 412 g/mol. The van der Waals surface area contributed by atoms with Gasteiger partial charge >= 0.3 is 6.09 Å². The van der Waals surface area contributed by atoms with Gasteiger partial charge in [0.2, 0.25) is 5.91 Å². The lowest BCUT2D eigenvalue weighted by Gasteiger charge is -2.12. The minimum absolute atomic E-state index is 0.000700. The van der Waals surface area contributed by atoms with E-state index in [2.05, 4.69) is 10.2 Å². The summed E-state index contributed by atoms with van der Waals surface area (Å²) in [6.45, 7) is 0.867. The zero-order chi connectivity index (χ0) is 20.2. The minimum Gasteiger partial charge on any atom is -0.447 e. The summed E-state index contributed by atoms with van der Waals surface area (Å²) >= 11 is 1.15. The molecule has 0 unspecified atom stereocenters. The molecule has 0 N–H and O–H groups in total. The van der Waals surface area contributed by atoms with Crippen LogP contribution in [0.1, 0.15) is 5.56 Å². The fourth-order valence-corrected chi connectivity index (χ4v) is 3.78. The molecule has 7 nitrogen and oxygen atoms in total. The summed E-state index contributed by atoms with van der Waals surface area (Å²) in [7, 11) is 0. The van der Waals surface area contributed by atoms with E-state index in [1.54, 1.807) is 22.8 Å². The Balaban J connectivity index is 1.62. The maximum absolute atomic E-state index is 14.4. The molecule has 1 aliphatic rings. The molecule has 148 valence electrons. The summed E-state index contributed by atoms with van der Waals surface area (Å²) in [5.41, 5.74) is 1.32. The molecule has 29 heavy (non-hydrogen) atoms. The Morgan fingerprint density at radius 2 is 1.86 bits per heavy atom. The lowest BCUT2D eigenvalue weighted by Crippen LogP contribution is -2.33. The maximum Gasteiger partial charge on any atom is 0.416 e. The first-order valence-electron chi connectivity index (χ1n) is 8.95. The molecule has 2 aromatic carbocycles. The third-order valence-corrected chi connectivity index (χ3v) is 5.35. The van der Waals surface area contributed by atoms with Crippen LogP contribution in [0.15, 0.2) is 59.8 Å². The van der Waals surface area contributed by atoms with Gasteiger partial charge in [0.1, 0.15) is 12.4 Å². The number of rotatable bonds is 6. The molecule has 0 atom stereocenters. The van der Waals surface area contributed by atoms with Crippen molar-refractivity contribution >= 4 is 23.8 Å². The molecule has 4 rings (SSSR count). The van der Waals surface area contributed by atoms with Gasteiger partial charge in [0.25, 0.3) is 0 Å². The second kappa shape index (κ2) is 8.44. The highest BCUT2D eigenvalue weighted by atomic mass is 32.2. The summed E-state index contributed by atoms with van der Waals surface area (Å²) in [4.78, 5) is 24.9. The van der Waals surface area contributed by atoms with E-state index >= 15 is 0 Å². The molecule has 1 aliphatic heterocycles. The van der Waals surface area contributed by atoms with Crippen molar-refractivity contribution in [1.29, 1.82) is 0 Å². The Hall–Kier alpha value is -3.20. The number of aromatic nitrogens is 3. The number of cyclic esters (lactones) is 1. The zero-order valence-electron chi connectivity index (χ0n) is 15.3. The topological polar surface area (TPSA) is 77.3 Å². The van der Waals surface area contributed by atoms with Crippen LogP contribution in [0.2, 0.25) is 0 Å². The van der Waals surface area contributed by atoms with E-state index in [0.717, 1.165) is 22.2 Å². The fourth-order valence-electron chi connectivity index (χ4n) is 2.97. The number of nitrogens with zero attached hydrogens (tertiary/aromatic N) is 4. The van der Waals surface area contributed by atoms with Crippen LogP contribution in [0.3, 0.4) is 0 Å². The van der Waals surface area contributed by atoms with E-state index in [-0.39, 0.29) is 24.8 Å². The number of imide groups is 1. The molecule has 0 radical (unpaired) electrons. The molecule has 1 aromatic heterocycles. The van der Waals surface area contributed by atoms with Crippen molar-refractivity contribution in [1.82, 2.24) is 19.7 Å². The van der Waals surface area contributed by atoms with Crippen molar-refractivity contribution in [2.45, 2.75) is 11.7 Å². The van der Waals surface area contributed by atoms with Crippen molar-refractivity contribution < 1.29 is 18.7 Å². The van der Waals surface area contributed by atoms with Crippen molar-refractivity contribution in [2.75, 3.05) is 18.9 Å². The molecule has 9 heteroatoms. The highest BCUT2D eigenvalue weighted by Gasteiger charge is 2.29. The standard InChI is InChI=1S/C20H17FN4O3S/c21-16-9-5-4-8-15(16)18-22-23-19(25(18)12-14-6-2-1-3-7-14)29-13-17(26)24-10-11-28-20(24)27/h1-9H,10-13H2. The number of amides is 2. The van der Waals surface area contributed by atoms with E-state index in [1.807, 2.05) is 30.3 Å². The number of hydrogen-bond donors (Lipinski definition) is 0. The molecule has 3 aromatic rings. The first-order valence-corrected chi connectivity index (χ1v) is 9.94. The molecule has 0 spiro atoms. The van der Waals surface area contributed by atoms with Crippen LogP contribution >= 0.6 is 11.8 Å². The number of thioether (sulfide) groups is 1. The van der Waals surface area contributed by atoms with Gasteiger partial charge in [-0.05, 0) is 17.7 Å². The summed E-state index contributed by atoms with van der Waals surface area (Å²) < 4.78 is 20.9. The normalized spacial score (nSPS) is 13.6. The van der Waals surface area contributed by atoms with Gasteiger partial charge in [-0.1, -0.05) is 54.2 Å². The number of hydrogen-bond acceptors (Lipinski definition) is 6. The highest BCUT2D eigenvalue weighted by molar-refractivity contribution is 7.99. The SMILES string of the molecule is O=C(CSc1nnc(-c2ccccc2F)n1Cc1ccccc1)N1CCOC1=O. The van der Waals surface area contributed by atoms with Gasteiger partial charge in [-0.15, -0.1) is 10.2 Å². The Labute approximate surface area is 170 Å². The van der Waals surface area contributed by atoms with E-state index in [1.165, 1.54) is 6.07 Å². The van der Waals surface area contributed by atoms with Crippen LogP contribution in [0.25, 0.3) is 11.4 Å². The quantitative estimate of drug-likeness (QED) is 0.579. The highest BCUT2D eigenvalue weighted by Crippen LogP contribution is 2.27. The fraction of sp³-hybridized carbons (Fsp3) is 0.200. The smallest absolute Gasteiger partial charge is 0.416 e. The number of benzene rings is 2. The van der Waals surface area contributed by atoms with E-state index in [4.69, 9.17) is 4.74 Å². The van der Waals surface area contributed by atoms with Gasteiger partial charge in [0.05, 0.1) is 24.4 Å². The number of ether oxygens (including phenoxy) is 1. The Bertz CT molecular complexity index is 1040. The lowest BCUT2D eigenvalue weighted by atomic mass is 10.2. The van der Waals surface area contributed by atoms with Crippen molar-refractivity contribution in [3.8, 4) is 11.4 Å².